The van der Waals surface area contributed by atoms with Crippen LogP contribution in [0.1, 0.15) is 6.42 Å². The summed E-state index contributed by atoms with van der Waals surface area (Å²) in [6.07, 6.45) is 1.20. The molecule has 1 unspecified atom stereocenters. The third kappa shape index (κ3) is 5.51. The Kier molecular flexibility index (Phi) is 8.50. The van der Waals surface area contributed by atoms with Crippen molar-refractivity contribution in [3.63, 3.8) is 0 Å². The average Bonchev–Trinajstić information content (AvgIpc) is 3.47. The van der Waals surface area contributed by atoms with Crippen molar-refractivity contribution >= 4 is 52.0 Å². The molecule has 2 aliphatic rings. The van der Waals surface area contributed by atoms with Gasteiger partial charge in [0, 0.05) is 64.6 Å². The lowest BCUT2D eigenvalue weighted by Crippen LogP contribution is -2.53. The van der Waals surface area contributed by atoms with Crippen LogP contribution in [0.15, 0.2) is 46.8 Å². The number of nitrogens with one attached hydrogen (secondary N) is 1. The third-order valence-electron chi connectivity index (χ3n) is 5.86. The van der Waals surface area contributed by atoms with E-state index in [0.29, 0.717) is 5.92 Å². The molecule has 6 nitrogen and oxygen atoms in total. The zero-order chi connectivity index (χ0) is 20.1. The van der Waals surface area contributed by atoms with Gasteiger partial charge in [0.05, 0.1) is 12.1 Å². The molecule has 8 heteroatoms. The van der Waals surface area contributed by atoms with E-state index in [1.165, 1.54) is 17.1 Å². The standard InChI is InChI=1S/C22H31N5OS.HI/c1-23-22(26-12-10-25(11-13-26)21-7-4-14-29-21)24-16-18-8-9-27(17-18)19-5-3-6-20(15-19)28-2;/h3-7,14-15,18H,8-13,16-17H2,1-2H3,(H,23,24);1H. The molecule has 3 heterocycles. The molecule has 4 rings (SSSR count). The molecule has 1 aromatic carbocycles. The number of benzene rings is 1. The zero-order valence-electron chi connectivity index (χ0n) is 17.8. The highest BCUT2D eigenvalue weighted by molar-refractivity contribution is 14.0. The van der Waals surface area contributed by atoms with Crippen LogP contribution in [-0.4, -0.2) is 70.8 Å². The van der Waals surface area contributed by atoms with Gasteiger partial charge in [0.25, 0.3) is 0 Å². The molecule has 1 aromatic heterocycles. The summed E-state index contributed by atoms with van der Waals surface area (Å²) in [5.41, 5.74) is 1.25. The summed E-state index contributed by atoms with van der Waals surface area (Å²) in [6.45, 7) is 7.26. The van der Waals surface area contributed by atoms with Crippen LogP contribution in [0.3, 0.4) is 0 Å². The van der Waals surface area contributed by atoms with Crippen molar-refractivity contribution in [3.8, 4) is 5.75 Å². The van der Waals surface area contributed by atoms with Crippen LogP contribution in [0.5, 0.6) is 5.75 Å². The molecule has 0 radical (unpaired) electrons. The SMILES string of the molecule is CN=C(NCC1CCN(c2cccc(OC)c2)C1)N1CCN(c2cccs2)CC1.I. The Labute approximate surface area is 200 Å². The molecule has 164 valence electrons. The molecule has 0 bridgehead atoms. The van der Waals surface area contributed by atoms with Crippen LogP contribution in [0.25, 0.3) is 0 Å². The van der Waals surface area contributed by atoms with Crippen LogP contribution in [0.4, 0.5) is 10.7 Å². The summed E-state index contributed by atoms with van der Waals surface area (Å²) < 4.78 is 5.37. The lowest BCUT2D eigenvalue weighted by atomic mass is 10.1. The summed E-state index contributed by atoms with van der Waals surface area (Å²) >= 11 is 1.82. The van der Waals surface area contributed by atoms with E-state index in [-0.39, 0.29) is 24.0 Å². The van der Waals surface area contributed by atoms with Crippen molar-refractivity contribution in [1.29, 1.82) is 0 Å². The van der Waals surface area contributed by atoms with E-state index < -0.39 is 0 Å². The highest BCUT2D eigenvalue weighted by atomic mass is 127. The fourth-order valence-corrected chi connectivity index (χ4v) is 4.98. The fraction of sp³-hybridized carbons (Fsp3) is 0.500. The van der Waals surface area contributed by atoms with Crippen molar-refractivity contribution in [2.24, 2.45) is 10.9 Å². The first-order valence-corrected chi connectivity index (χ1v) is 11.3. The van der Waals surface area contributed by atoms with Gasteiger partial charge in [-0.2, -0.15) is 0 Å². The van der Waals surface area contributed by atoms with E-state index in [4.69, 9.17) is 4.74 Å². The number of aliphatic imine (C=N–C) groups is 1. The molecule has 0 saturated carbocycles. The Morgan fingerprint density at radius 3 is 2.67 bits per heavy atom. The van der Waals surface area contributed by atoms with E-state index in [0.717, 1.165) is 57.5 Å². The number of rotatable bonds is 5. The van der Waals surface area contributed by atoms with E-state index in [1.807, 2.05) is 24.5 Å². The Morgan fingerprint density at radius 1 is 1.13 bits per heavy atom. The Balaban J connectivity index is 0.00000256. The van der Waals surface area contributed by atoms with Gasteiger partial charge in [0.2, 0.25) is 0 Å². The van der Waals surface area contributed by atoms with Gasteiger partial charge in [-0.05, 0) is 42.0 Å². The molecule has 1 N–H and O–H groups in total. The number of thiophene rings is 1. The van der Waals surface area contributed by atoms with Crippen LogP contribution in [0.2, 0.25) is 0 Å². The maximum Gasteiger partial charge on any atom is 0.193 e. The van der Waals surface area contributed by atoms with Crippen LogP contribution >= 0.6 is 35.3 Å². The summed E-state index contributed by atoms with van der Waals surface area (Å²) in [5, 5.41) is 7.16. The largest absolute Gasteiger partial charge is 0.497 e. The van der Waals surface area contributed by atoms with Crippen molar-refractivity contribution in [2.45, 2.75) is 6.42 Å². The van der Waals surface area contributed by atoms with E-state index in [9.17, 15) is 0 Å². The Morgan fingerprint density at radius 2 is 1.97 bits per heavy atom. The van der Waals surface area contributed by atoms with Crippen LogP contribution < -0.4 is 19.9 Å². The lowest BCUT2D eigenvalue weighted by Gasteiger charge is -2.37. The van der Waals surface area contributed by atoms with Crippen LogP contribution in [-0.2, 0) is 0 Å². The molecule has 2 saturated heterocycles. The number of methoxy groups -OCH3 is 1. The second-order valence-corrected chi connectivity index (χ2v) is 8.58. The first kappa shape index (κ1) is 23.0. The van der Waals surface area contributed by atoms with Crippen molar-refractivity contribution in [3.05, 3.63) is 41.8 Å². The molecule has 0 amide bonds. The lowest BCUT2D eigenvalue weighted by molar-refractivity contribution is 0.370. The van der Waals surface area contributed by atoms with Crippen LogP contribution in [0, 0.1) is 5.92 Å². The number of hydrogen-bond acceptors (Lipinski definition) is 5. The summed E-state index contributed by atoms with van der Waals surface area (Å²) in [4.78, 5) is 11.9. The number of anilines is 2. The smallest absolute Gasteiger partial charge is 0.193 e. The Bertz CT molecular complexity index is 808. The molecule has 30 heavy (non-hydrogen) atoms. The van der Waals surface area contributed by atoms with Gasteiger partial charge < -0.3 is 24.8 Å². The number of ether oxygens (including phenoxy) is 1. The predicted molar refractivity (Wildman–Crippen MR) is 138 cm³/mol. The zero-order valence-corrected chi connectivity index (χ0v) is 20.9. The van der Waals surface area contributed by atoms with E-state index in [2.05, 4.69) is 60.7 Å². The van der Waals surface area contributed by atoms with E-state index >= 15 is 0 Å². The summed E-state index contributed by atoms with van der Waals surface area (Å²) in [6, 6.07) is 12.7. The van der Waals surface area contributed by atoms with Gasteiger partial charge in [-0.25, -0.2) is 0 Å². The number of halogens is 1. The molecule has 2 fully saturated rings. The second-order valence-electron chi connectivity index (χ2n) is 7.66. The number of nitrogens with zero attached hydrogens (tertiary/aromatic N) is 4. The molecule has 2 aliphatic heterocycles. The van der Waals surface area contributed by atoms with Gasteiger partial charge in [0.1, 0.15) is 5.75 Å². The van der Waals surface area contributed by atoms with Crippen molar-refractivity contribution in [2.75, 3.05) is 69.8 Å². The number of piperazine rings is 1. The Hall–Kier alpha value is -1.68. The predicted octanol–water partition coefficient (Wildman–Crippen LogP) is 3.60. The molecule has 2 aromatic rings. The normalized spacial score (nSPS) is 19.6. The molecular weight excluding hydrogens is 509 g/mol. The summed E-state index contributed by atoms with van der Waals surface area (Å²) in [7, 11) is 3.62. The maximum atomic E-state index is 5.37. The van der Waals surface area contributed by atoms with Gasteiger partial charge in [-0.3, -0.25) is 4.99 Å². The van der Waals surface area contributed by atoms with E-state index in [1.54, 1.807) is 7.11 Å². The third-order valence-corrected chi connectivity index (χ3v) is 6.79. The quantitative estimate of drug-likeness (QED) is 0.356. The minimum absolute atomic E-state index is 0. The number of guanidine groups is 1. The first-order chi connectivity index (χ1) is 14.3. The van der Waals surface area contributed by atoms with Gasteiger partial charge in [-0.15, -0.1) is 35.3 Å². The first-order valence-electron chi connectivity index (χ1n) is 10.4. The van der Waals surface area contributed by atoms with Crippen molar-refractivity contribution < 1.29 is 4.74 Å². The molecular formula is C22H32IN5OS. The minimum atomic E-state index is 0. The summed E-state index contributed by atoms with van der Waals surface area (Å²) in [5.74, 6) is 2.59. The molecule has 0 aliphatic carbocycles. The number of hydrogen-bond donors (Lipinski definition) is 1. The maximum absolute atomic E-state index is 5.37. The molecule has 1 atom stereocenters. The van der Waals surface area contributed by atoms with Gasteiger partial charge in [0.15, 0.2) is 5.96 Å². The monoisotopic (exact) mass is 541 g/mol. The second kappa shape index (κ2) is 11.1. The van der Waals surface area contributed by atoms with Gasteiger partial charge >= 0.3 is 0 Å². The fourth-order valence-electron chi connectivity index (χ4n) is 4.20. The van der Waals surface area contributed by atoms with Gasteiger partial charge in [-0.1, -0.05) is 6.07 Å². The van der Waals surface area contributed by atoms with Crippen molar-refractivity contribution in [1.82, 2.24) is 10.2 Å². The highest BCUT2D eigenvalue weighted by Crippen LogP contribution is 2.27. The topological polar surface area (TPSA) is 43.3 Å². The molecule has 0 spiro atoms. The highest BCUT2D eigenvalue weighted by Gasteiger charge is 2.25. The average molecular weight is 542 g/mol. The minimum Gasteiger partial charge on any atom is -0.497 e.